The zero-order valence-corrected chi connectivity index (χ0v) is 10.9. The number of hydrogen-bond donors (Lipinski definition) is 0. The van der Waals surface area contributed by atoms with Crippen LogP contribution in [0.15, 0.2) is 11.6 Å². The lowest BCUT2D eigenvalue weighted by molar-refractivity contribution is 0.543. The first kappa shape index (κ1) is 10.0. The summed E-state index contributed by atoms with van der Waals surface area (Å²) in [5, 5.41) is 0.505. The van der Waals surface area contributed by atoms with E-state index in [-0.39, 0.29) is 0 Å². The van der Waals surface area contributed by atoms with Crippen LogP contribution in [-0.4, -0.2) is 34.8 Å². The maximum absolute atomic E-state index is 2.50. The van der Waals surface area contributed by atoms with Gasteiger partial charge in [-0.3, -0.25) is 0 Å². The van der Waals surface area contributed by atoms with Crippen LogP contribution >= 0.6 is 0 Å². The molecule has 0 atom stereocenters. The molecule has 0 spiro atoms. The molecule has 1 aliphatic rings. The molecule has 0 radical (unpaired) electrons. The normalized spacial score (nSPS) is 20.1. The molecule has 0 saturated carbocycles. The largest absolute Gasteiger partial charge is 0.300 e. The van der Waals surface area contributed by atoms with Crippen molar-refractivity contribution in [2.45, 2.75) is 32.2 Å². The Kier molecular flexibility index (Phi) is 3.13. The summed E-state index contributed by atoms with van der Waals surface area (Å²) >= 11 is 0. The van der Waals surface area contributed by atoms with E-state index in [1.807, 2.05) is 0 Å². The highest BCUT2D eigenvalue weighted by molar-refractivity contribution is 6.16. The van der Waals surface area contributed by atoms with Crippen molar-refractivity contribution in [3.63, 3.8) is 0 Å². The molecule has 0 aromatic carbocycles. The van der Waals surface area contributed by atoms with Crippen molar-refractivity contribution < 1.29 is 0 Å². The van der Waals surface area contributed by atoms with Crippen LogP contribution in [0.25, 0.3) is 0 Å². The fourth-order valence-corrected chi connectivity index (χ4v) is 2.06. The molecular formula is C10H21NSi. The molecule has 0 aliphatic carbocycles. The molecular weight excluding hydrogens is 162 g/mol. The summed E-state index contributed by atoms with van der Waals surface area (Å²) < 4.78 is 0. The lowest BCUT2D eigenvalue weighted by Crippen LogP contribution is -2.10. The third-order valence-electron chi connectivity index (χ3n) is 2.55. The average molecular weight is 183 g/mol. The van der Waals surface area contributed by atoms with Gasteiger partial charge in [0.25, 0.3) is 0 Å². The molecule has 1 fully saturated rings. The first-order valence-electron chi connectivity index (χ1n) is 4.92. The van der Waals surface area contributed by atoms with E-state index in [1.165, 1.54) is 36.3 Å². The molecule has 70 valence electrons. The minimum Gasteiger partial charge on any atom is -0.300 e. The number of hydrogen-bond acceptors (Lipinski definition) is 1. The van der Waals surface area contributed by atoms with Gasteiger partial charge in [0.1, 0.15) is 0 Å². The Labute approximate surface area is 79.3 Å². The monoisotopic (exact) mass is 183 g/mol. The highest BCUT2D eigenvalue weighted by Gasteiger charge is 2.20. The average Bonchev–Trinajstić information content (AvgIpc) is 2.69. The Balaban J connectivity index is 2.34. The minimum atomic E-state index is 0.505. The molecule has 2 heteroatoms. The van der Waals surface area contributed by atoms with Crippen molar-refractivity contribution in [2.75, 3.05) is 19.6 Å². The summed E-state index contributed by atoms with van der Waals surface area (Å²) in [4.78, 5) is 2.50. The van der Waals surface area contributed by atoms with Crippen molar-refractivity contribution in [3.05, 3.63) is 11.6 Å². The fraction of sp³-hybridized carbons (Fsp3) is 0.800. The topological polar surface area (TPSA) is 3.01 Å². The Morgan fingerprint density at radius 1 is 1.50 bits per heavy atom. The summed E-state index contributed by atoms with van der Waals surface area (Å²) in [6, 6.07) is 0. The van der Waals surface area contributed by atoms with E-state index in [2.05, 4.69) is 31.7 Å². The van der Waals surface area contributed by atoms with Gasteiger partial charge in [0.2, 0.25) is 0 Å². The third kappa shape index (κ3) is 3.11. The summed E-state index contributed by atoms with van der Waals surface area (Å²) in [5.41, 5.74) is 1.65. The van der Waals surface area contributed by atoms with Crippen LogP contribution in [0.1, 0.15) is 27.2 Å². The second-order valence-electron chi connectivity index (χ2n) is 4.66. The number of nitrogens with zero attached hydrogens (tertiary/aromatic N) is 1. The van der Waals surface area contributed by atoms with Crippen molar-refractivity contribution in [3.8, 4) is 0 Å². The van der Waals surface area contributed by atoms with Gasteiger partial charge in [0.05, 0.1) is 0 Å². The summed E-state index contributed by atoms with van der Waals surface area (Å²) in [6.45, 7) is 10.8. The van der Waals surface area contributed by atoms with E-state index in [1.54, 1.807) is 5.57 Å². The van der Waals surface area contributed by atoms with Crippen molar-refractivity contribution in [1.82, 2.24) is 4.90 Å². The zero-order chi connectivity index (χ0) is 9.19. The predicted molar refractivity (Wildman–Crippen MR) is 58.8 cm³/mol. The first-order chi connectivity index (χ1) is 5.54. The smallest absolute Gasteiger partial charge is 0.0151 e. The summed E-state index contributed by atoms with van der Waals surface area (Å²) in [5.74, 6) is 0. The van der Waals surface area contributed by atoms with E-state index in [9.17, 15) is 0 Å². The Bertz CT molecular complexity index is 175. The standard InChI is InChI=1S/C10H21NSi/c1-4-9(10(2,3)12)5-6-11-7-8-11/h4H,5-8H2,1-3,12H3. The van der Waals surface area contributed by atoms with Crippen LogP contribution in [-0.2, 0) is 0 Å². The van der Waals surface area contributed by atoms with Crippen LogP contribution in [0.3, 0.4) is 0 Å². The third-order valence-corrected chi connectivity index (χ3v) is 3.19. The van der Waals surface area contributed by atoms with Crippen LogP contribution in [0.5, 0.6) is 0 Å². The van der Waals surface area contributed by atoms with Gasteiger partial charge in [-0.15, -0.1) is 0 Å². The van der Waals surface area contributed by atoms with Gasteiger partial charge >= 0.3 is 0 Å². The molecule has 1 rings (SSSR count). The van der Waals surface area contributed by atoms with E-state index < -0.39 is 0 Å². The predicted octanol–water partition coefficient (Wildman–Crippen LogP) is 1.20. The van der Waals surface area contributed by atoms with Crippen LogP contribution in [0.4, 0.5) is 0 Å². The maximum Gasteiger partial charge on any atom is 0.0151 e. The van der Waals surface area contributed by atoms with Crippen LogP contribution in [0, 0.1) is 0 Å². The molecule has 1 aliphatic heterocycles. The number of allylic oxidation sites excluding steroid dienone is 1. The van der Waals surface area contributed by atoms with Crippen molar-refractivity contribution in [2.24, 2.45) is 0 Å². The molecule has 1 heterocycles. The Morgan fingerprint density at radius 2 is 2.08 bits per heavy atom. The lowest BCUT2D eigenvalue weighted by Gasteiger charge is -2.23. The van der Waals surface area contributed by atoms with Crippen molar-refractivity contribution in [1.29, 1.82) is 0 Å². The molecule has 1 nitrogen and oxygen atoms in total. The highest BCUT2D eigenvalue weighted by atomic mass is 28.1. The quantitative estimate of drug-likeness (QED) is 0.360. The molecule has 0 aromatic rings. The van der Waals surface area contributed by atoms with E-state index in [4.69, 9.17) is 0 Å². The van der Waals surface area contributed by atoms with Gasteiger partial charge < -0.3 is 4.90 Å². The molecule has 1 saturated heterocycles. The molecule has 0 aromatic heterocycles. The second kappa shape index (κ2) is 3.75. The molecule has 12 heavy (non-hydrogen) atoms. The van der Waals surface area contributed by atoms with Gasteiger partial charge in [0.15, 0.2) is 0 Å². The zero-order valence-electron chi connectivity index (χ0n) is 8.85. The van der Waals surface area contributed by atoms with Gasteiger partial charge in [-0.2, -0.15) is 0 Å². The fourth-order valence-electron chi connectivity index (χ4n) is 1.53. The van der Waals surface area contributed by atoms with E-state index >= 15 is 0 Å². The van der Waals surface area contributed by atoms with Crippen LogP contribution < -0.4 is 0 Å². The van der Waals surface area contributed by atoms with Gasteiger partial charge in [-0.05, 0) is 18.4 Å². The summed E-state index contributed by atoms with van der Waals surface area (Å²) in [7, 11) is 1.26. The SMILES string of the molecule is CC=C(CCN1CC1)C(C)(C)[SiH3]. The second-order valence-corrected chi connectivity index (χ2v) is 7.16. The van der Waals surface area contributed by atoms with Gasteiger partial charge in [0, 0.05) is 29.9 Å². The van der Waals surface area contributed by atoms with Crippen LogP contribution in [0.2, 0.25) is 5.04 Å². The molecule has 0 unspecified atom stereocenters. The highest BCUT2D eigenvalue weighted by Crippen LogP contribution is 2.32. The molecule has 0 amide bonds. The minimum absolute atomic E-state index is 0.505. The Morgan fingerprint density at radius 3 is 2.42 bits per heavy atom. The number of rotatable bonds is 4. The first-order valence-corrected chi connectivity index (χ1v) is 5.92. The maximum atomic E-state index is 2.50. The Hall–Kier alpha value is -0.0831. The molecule has 0 bridgehead atoms. The van der Waals surface area contributed by atoms with Gasteiger partial charge in [-0.25, -0.2) is 0 Å². The van der Waals surface area contributed by atoms with E-state index in [0.29, 0.717) is 5.04 Å². The summed E-state index contributed by atoms with van der Waals surface area (Å²) in [6.07, 6.45) is 3.60. The van der Waals surface area contributed by atoms with E-state index in [0.717, 1.165) is 0 Å². The molecule has 0 N–H and O–H groups in total. The van der Waals surface area contributed by atoms with Crippen molar-refractivity contribution >= 4 is 10.2 Å². The lowest BCUT2D eigenvalue weighted by atomic mass is 9.98. The van der Waals surface area contributed by atoms with Gasteiger partial charge in [-0.1, -0.05) is 25.5 Å².